The standard InChI is InChI=1S/C9H11ClN2O2/c10-7-3-5(11)1-2-6(7)8(12)4-9(13)14/h1-3,8H,4,11-12H2,(H,13,14)/t8-/m1/s1. The van der Waals surface area contributed by atoms with E-state index in [2.05, 4.69) is 0 Å². The van der Waals surface area contributed by atoms with Crippen LogP contribution in [0, 0.1) is 0 Å². The van der Waals surface area contributed by atoms with Gasteiger partial charge in [0.1, 0.15) is 0 Å². The molecule has 0 heterocycles. The number of nitrogens with two attached hydrogens (primary N) is 2. The second kappa shape index (κ2) is 4.30. The fourth-order valence-electron chi connectivity index (χ4n) is 1.14. The van der Waals surface area contributed by atoms with Crippen LogP contribution in [0.1, 0.15) is 18.0 Å². The molecular formula is C9H11ClN2O2. The van der Waals surface area contributed by atoms with Gasteiger partial charge in [0.15, 0.2) is 0 Å². The minimum absolute atomic E-state index is 0.149. The van der Waals surface area contributed by atoms with E-state index in [0.29, 0.717) is 16.3 Å². The van der Waals surface area contributed by atoms with Crippen LogP contribution in [-0.2, 0) is 4.79 Å². The first-order valence-electron chi connectivity index (χ1n) is 4.03. The maximum absolute atomic E-state index is 10.4. The molecule has 0 aliphatic heterocycles. The molecule has 0 fully saturated rings. The number of carbonyl (C=O) groups is 1. The molecule has 0 saturated carbocycles. The number of benzene rings is 1. The van der Waals surface area contributed by atoms with Gasteiger partial charge >= 0.3 is 5.97 Å². The third-order valence-electron chi connectivity index (χ3n) is 1.82. The smallest absolute Gasteiger partial charge is 0.305 e. The van der Waals surface area contributed by atoms with Gasteiger partial charge in [0.2, 0.25) is 0 Å². The minimum Gasteiger partial charge on any atom is -0.481 e. The highest BCUT2D eigenvalue weighted by molar-refractivity contribution is 6.31. The van der Waals surface area contributed by atoms with Crippen molar-refractivity contribution in [2.75, 3.05) is 5.73 Å². The van der Waals surface area contributed by atoms with E-state index in [0.717, 1.165) is 0 Å². The summed E-state index contributed by atoms with van der Waals surface area (Å²) in [5.41, 5.74) is 12.3. The van der Waals surface area contributed by atoms with Crippen molar-refractivity contribution in [1.29, 1.82) is 0 Å². The Labute approximate surface area is 86.5 Å². The Bertz CT molecular complexity index is 355. The van der Waals surface area contributed by atoms with Gasteiger partial charge in [0.05, 0.1) is 6.42 Å². The summed E-state index contributed by atoms with van der Waals surface area (Å²) in [6.45, 7) is 0. The molecule has 1 atom stereocenters. The summed E-state index contributed by atoms with van der Waals surface area (Å²) < 4.78 is 0. The van der Waals surface area contributed by atoms with Gasteiger partial charge in [0.25, 0.3) is 0 Å². The first-order valence-corrected chi connectivity index (χ1v) is 4.41. The van der Waals surface area contributed by atoms with E-state index in [9.17, 15) is 4.79 Å². The van der Waals surface area contributed by atoms with Crippen LogP contribution in [0.25, 0.3) is 0 Å². The summed E-state index contributed by atoms with van der Waals surface area (Å²) in [5, 5.41) is 8.94. The quantitative estimate of drug-likeness (QED) is 0.664. The monoisotopic (exact) mass is 214 g/mol. The molecule has 0 radical (unpaired) electrons. The SMILES string of the molecule is Nc1ccc([C@H](N)CC(=O)O)c(Cl)c1. The van der Waals surface area contributed by atoms with Crippen molar-refractivity contribution in [3.63, 3.8) is 0 Å². The predicted octanol–water partition coefficient (Wildman–Crippen LogP) is 1.40. The van der Waals surface area contributed by atoms with Crippen LogP contribution in [-0.4, -0.2) is 11.1 Å². The number of hydrogen-bond acceptors (Lipinski definition) is 3. The van der Waals surface area contributed by atoms with Gasteiger partial charge in [-0.1, -0.05) is 17.7 Å². The summed E-state index contributed by atoms with van der Waals surface area (Å²) in [7, 11) is 0. The molecule has 1 aromatic rings. The first-order chi connectivity index (χ1) is 6.50. The maximum atomic E-state index is 10.4. The molecule has 0 bridgehead atoms. The maximum Gasteiger partial charge on any atom is 0.305 e. The average molecular weight is 215 g/mol. The Hall–Kier alpha value is -1.26. The fraction of sp³-hybridized carbons (Fsp3) is 0.222. The Kier molecular flexibility index (Phi) is 3.33. The van der Waals surface area contributed by atoms with Gasteiger partial charge in [-0.25, -0.2) is 0 Å². The lowest BCUT2D eigenvalue weighted by molar-refractivity contribution is -0.137. The molecule has 0 spiro atoms. The van der Waals surface area contributed by atoms with Gasteiger partial charge in [-0.15, -0.1) is 0 Å². The Morgan fingerprint density at radius 3 is 2.71 bits per heavy atom. The number of rotatable bonds is 3. The number of halogens is 1. The normalized spacial score (nSPS) is 12.4. The van der Waals surface area contributed by atoms with Crippen molar-refractivity contribution in [1.82, 2.24) is 0 Å². The molecule has 0 saturated heterocycles. The summed E-state index contributed by atoms with van der Waals surface area (Å²) in [5.74, 6) is -0.953. The Morgan fingerprint density at radius 2 is 2.21 bits per heavy atom. The van der Waals surface area contributed by atoms with Crippen molar-refractivity contribution < 1.29 is 9.90 Å². The van der Waals surface area contributed by atoms with Gasteiger partial charge in [-0.2, -0.15) is 0 Å². The zero-order valence-corrected chi connectivity index (χ0v) is 8.16. The zero-order valence-electron chi connectivity index (χ0n) is 7.40. The summed E-state index contributed by atoms with van der Waals surface area (Å²) in [6.07, 6.45) is -0.149. The van der Waals surface area contributed by atoms with Crippen molar-refractivity contribution >= 4 is 23.3 Å². The van der Waals surface area contributed by atoms with E-state index in [1.54, 1.807) is 18.2 Å². The van der Waals surface area contributed by atoms with E-state index >= 15 is 0 Å². The molecule has 0 amide bonds. The van der Waals surface area contributed by atoms with Gasteiger partial charge in [-0.3, -0.25) is 4.79 Å². The van der Waals surface area contributed by atoms with Crippen molar-refractivity contribution in [3.05, 3.63) is 28.8 Å². The molecule has 0 aliphatic rings. The van der Waals surface area contributed by atoms with Crippen molar-refractivity contribution in [2.45, 2.75) is 12.5 Å². The van der Waals surface area contributed by atoms with Gasteiger partial charge < -0.3 is 16.6 Å². The van der Waals surface area contributed by atoms with E-state index in [4.69, 9.17) is 28.2 Å². The average Bonchev–Trinajstić information content (AvgIpc) is 2.01. The summed E-state index contributed by atoms with van der Waals surface area (Å²) in [4.78, 5) is 10.4. The molecule has 0 unspecified atom stereocenters. The predicted molar refractivity (Wildman–Crippen MR) is 55.0 cm³/mol. The van der Waals surface area contributed by atoms with Crippen molar-refractivity contribution in [2.24, 2.45) is 5.73 Å². The lowest BCUT2D eigenvalue weighted by Gasteiger charge is -2.11. The summed E-state index contributed by atoms with van der Waals surface area (Å²) in [6, 6.07) is 4.24. The Morgan fingerprint density at radius 1 is 1.57 bits per heavy atom. The molecule has 76 valence electrons. The van der Waals surface area contributed by atoms with Crippen LogP contribution in [0.3, 0.4) is 0 Å². The molecule has 4 nitrogen and oxygen atoms in total. The van der Waals surface area contributed by atoms with Crippen LogP contribution in [0.4, 0.5) is 5.69 Å². The number of carboxylic acids is 1. The molecule has 0 aliphatic carbocycles. The van der Waals surface area contributed by atoms with Crippen LogP contribution in [0.15, 0.2) is 18.2 Å². The highest BCUT2D eigenvalue weighted by atomic mass is 35.5. The number of nitrogen functional groups attached to an aromatic ring is 1. The van der Waals surface area contributed by atoms with Crippen LogP contribution in [0.2, 0.25) is 5.02 Å². The number of aliphatic carboxylic acids is 1. The lowest BCUT2D eigenvalue weighted by Crippen LogP contribution is -2.15. The molecular weight excluding hydrogens is 204 g/mol. The van der Waals surface area contributed by atoms with Crippen LogP contribution in [0.5, 0.6) is 0 Å². The van der Waals surface area contributed by atoms with E-state index < -0.39 is 12.0 Å². The highest BCUT2D eigenvalue weighted by Gasteiger charge is 2.13. The topological polar surface area (TPSA) is 89.3 Å². The molecule has 0 aromatic heterocycles. The van der Waals surface area contributed by atoms with E-state index in [-0.39, 0.29) is 6.42 Å². The lowest BCUT2D eigenvalue weighted by atomic mass is 10.0. The number of carboxylic acid groups (broad SMARTS) is 1. The minimum atomic E-state index is -0.953. The zero-order chi connectivity index (χ0) is 10.7. The molecule has 1 aromatic carbocycles. The number of hydrogen-bond donors (Lipinski definition) is 3. The van der Waals surface area contributed by atoms with Gasteiger partial charge in [0, 0.05) is 16.8 Å². The van der Waals surface area contributed by atoms with Gasteiger partial charge in [-0.05, 0) is 17.7 Å². The second-order valence-electron chi connectivity index (χ2n) is 2.99. The number of anilines is 1. The van der Waals surface area contributed by atoms with Crippen molar-refractivity contribution in [3.8, 4) is 0 Å². The molecule has 14 heavy (non-hydrogen) atoms. The molecule has 5 N–H and O–H groups in total. The third-order valence-corrected chi connectivity index (χ3v) is 2.15. The molecule has 1 rings (SSSR count). The third kappa shape index (κ3) is 2.61. The first kappa shape index (κ1) is 10.8. The molecule has 5 heteroatoms. The largest absolute Gasteiger partial charge is 0.481 e. The fourth-order valence-corrected chi connectivity index (χ4v) is 1.47. The second-order valence-corrected chi connectivity index (χ2v) is 3.39. The Balaban J connectivity index is 2.90. The highest BCUT2D eigenvalue weighted by Crippen LogP contribution is 2.25. The van der Waals surface area contributed by atoms with E-state index in [1.807, 2.05) is 0 Å². The summed E-state index contributed by atoms with van der Waals surface area (Å²) >= 11 is 5.85. The van der Waals surface area contributed by atoms with Crippen LogP contribution < -0.4 is 11.5 Å². The van der Waals surface area contributed by atoms with E-state index in [1.165, 1.54) is 0 Å². The van der Waals surface area contributed by atoms with Crippen LogP contribution >= 0.6 is 11.6 Å².